The second-order valence-electron chi connectivity index (χ2n) is 10.3. The maximum absolute atomic E-state index is 13.4. The largest absolute Gasteiger partial charge is 0.488 e. The molecule has 0 bridgehead atoms. The zero-order valence-corrected chi connectivity index (χ0v) is 25.2. The minimum absolute atomic E-state index is 0.0595. The van der Waals surface area contributed by atoms with E-state index in [4.69, 9.17) is 9.26 Å². The van der Waals surface area contributed by atoms with Gasteiger partial charge in [-0.3, -0.25) is 9.52 Å². The van der Waals surface area contributed by atoms with E-state index >= 15 is 0 Å². The molecule has 1 aromatic carbocycles. The number of likely N-dealkylation sites (N-methyl/N-ethyl adjacent to an activating group) is 1. The fraction of sp³-hybridized carbons (Fsp3) is 0.444. The molecule has 0 fully saturated rings. The Balaban J connectivity index is 1.62. The number of nitrogens with zero attached hydrogens (tertiary/aromatic N) is 3. The number of amides is 3. The summed E-state index contributed by atoms with van der Waals surface area (Å²) in [6.45, 7) is 7.36. The first-order chi connectivity index (χ1) is 19.4. The van der Waals surface area contributed by atoms with Gasteiger partial charge in [0, 0.05) is 30.8 Å². The molecule has 3 amide bonds. The summed E-state index contributed by atoms with van der Waals surface area (Å²) in [6.07, 6.45) is -0.599. The Morgan fingerprint density at radius 1 is 1.32 bits per heavy atom. The molecule has 12 nitrogen and oxygen atoms in total. The van der Waals surface area contributed by atoms with Crippen LogP contribution in [-0.4, -0.2) is 79.3 Å². The molecule has 4 rings (SSSR count). The summed E-state index contributed by atoms with van der Waals surface area (Å²) < 4.78 is 39.9. The van der Waals surface area contributed by atoms with Gasteiger partial charge in [-0.05, 0) is 50.4 Å². The van der Waals surface area contributed by atoms with E-state index in [0.29, 0.717) is 28.5 Å². The standard InChI is InChI=1S/C27H35N5O7S2/c1-16-13-32(17(2)15-33)24(34)12-20-11-21(30-41(36,37)25-7-6-10-40-25)8-9-22(20)38-23(16)14-31(5)27(35)28-26-18(3)29-39-19(26)4/h6-11,16-17,23,30,33H,12-15H2,1-5H3,(H,28,35)/t16-,17-,23-/m0/s1. The highest BCUT2D eigenvalue weighted by atomic mass is 32.2. The lowest BCUT2D eigenvalue weighted by atomic mass is 10.0. The summed E-state index contributed by atoms with van der Waals surface area (Å²) >= 11 is 1.10. The van der Waals surface area contributed by atoms with Crippen molar-refractivity contribution in [3.63, 3.8) is 0 Å². The number of hydrogen-bond donors (Lipinski definition) is 3. The molecule has 1 aliphatic rings. The molecule has 0 saturated heterocycles. The first-order valence-electron chi connectivity index (χ1n) is 13.1. The van der Waals surface area contributed by atoms with Crippen LogP contribution in [0.3, 0.4) is 0 Å². The third-order valence-electron chi connectivity index (χ3n) is 6.99. The Morgan fingerprint density at radius 2 is 2.07 bits per heavy atom. The van der Waals surface area contributed by atoms with Crippen molar-refractivity contribution in [3.8, 4) is 5.75 Å². The van der Waals surface area contributed by atoms with Gasteiger partial charge in [-0.1, -0.05) is 18.1 Å². The molecular weight excluding hydrogens is 570 g/mol. The van der Waals surface area contributed by atoms with E-state index in [1.54, 1.807) is 62.4 Å². The molecule has 1 aliphatic heterocycles. The average Bonchev–Trinajstić information content (AvgIpc) is 3.59. The van der Waals surface area contributed by atoms with Crippen molar-refractivity contribution in [2.24, 2.45) is 5.92 Å². The molecule has 3 atom stereocenters. The van der Waals surface area contributed by atoms with Crippen LogP contribution >= 0.6 is 11.3 Å². The molecule has 41 heavy (non-hydrogen) atoms. The Kier molecular flexibility index (Phi) is 9.24. The molecule has 3 aromatic rings. The number of urea groups is 1. The van der Waals surface area contributed by atoms with Gasteiger partial charge in [0.1, 0.15) is 27.4 Å². The number of hydrogen-bond acceptors (Lipinski definition) is 9. The van der Waals surface area contributed by atoms with Crippen LogP contribution in [-0.2, 0) is 21.2 Å². The number of aliphatic hydroxyl groups excluding tert-OH is 1. The predicted octanol–water partition coefficient (Wildman–Crippen LogP) is 3.47. The van der Waals surface area contributed by atoms with Gasteiger partial charge in [0.15, 0.2) is 5.76 Å². The molecule has 0 radical (unpaired) electrons. The van der Waals surface area contributed by atoms with Crippen molar-refractivity contribution in [1.29, 1.82) is 0 Å². The van der Waals surface area contributed by atoms with Crippen LogP contribution in [0.25, 0.3) is 0 Å². The second kappa shape index (κ2) is 12.5. The highest BCUT2D eigenvalue weighted by molar-refractivity contribution is 7.94. The van der Waals surface area contributed by atoms with Gasteiger partial charge in [0.25, 0.3) is 10.0 Å². The maximum atomic E-state index is 13.4. The molecule has 0 spiro atoms. The van der Waals surface area contributed by atoms with Crippen molar-refractivity contribution >= 4 is 44.7 Å². The fourth-order valence-corrected chi connectivity index (χ4v) is 6.59. The number of rotatable bonds is 8. The van der Waals surface area contributed by atoms with Crippen LogP contribution < -0.4 is 14.8 Å². The monoisotopic (exact) mass is 605 g/mol. The van der Waals surface area contributed by atoms with Gasteiger partial charge < -0.3 is 29.5 Å². The van der Waals surface area contributed by atoms with Crippen LogP contribution in [0.4, 0.5) is 16.2 Å². The molecule has 14 heteroatoms. The number of sulfonamides is 1. The predicted molar refractivity (Wildman–Crippen MR) is 155 cm³/mol. The van der Waals surface area contributed by atoms with Crippen LogP contribution in [0.1, 0.15) is 30.9 Å². The number of fused-ring (bicyclic) bond motifs is 1. The van der Waals surface area contributed by atoms with Gasteiger partial charge in [-0.2, -0.15) is 0 Å². The lowest BCUT2D eigenvalue weighted by Crippen LogP contribution is -2.48. The maximum Gasteiger partial charge on any atom is 0.321 e. The Labute approximate surface area is 243 Å². The molecule has 0 unspecified atom stereocenters. The van der Waals surface area contributed by atoms with Crippen molar-refractivity contribution in [1.82, 2.24) is 15.0 Å². The van der Waals surface area contributed by atoms with Crippen molar-refractivity contribution < 1.29 is 32.4 Å². The quantitative estimate of drug-likeness (QED) is 0.353. The van der Waals surface area contributed by atoms with E-state index in [0.717, 1.165) is 11.3 Å². The number of thiophene rings is 1. The first-order valence-corrected chi connectivity index (χ1v) is 15.5. The summed E-state index contributed by atoms with van der Waals surface area (Å²) in [5, 5.41) is 18.2. The number of ether oxygens (including phenoxy) is 1. The summed E-state index contributed by atoms with van der Waals surface area (Å²) in [4.78, 5) is 29.5. The first kappa shape index (κ1) is 30.3. The minimum atomic E-state index is -3.80. The normalized spacial score (nSPS) is 18.4. The number of nitrogens with one attached hydrogen (secondary N) is 2. The number of carbonyl (C=O) groups excluding carboxylic acids is 2. The van der Waals surface area contributed by atoms with Crippen molar-refractivity contribution in [2.45, 2.75) is 50.5 Å². The van der Waals surface area contributed by atoms with Crippen LogP contribution in [0.2, 0.25) is 0 Å². The van der Waals surface area contributed by atoms with Gasteiger partial charge >= 0.3 is 6.03 Å². The Bertz CT molecular complexity index is 1470. The van der Waals surface area contributed by atoms with E-state index in [9.17, 15) is 23.1 Å². The van der Waals surface area contributed by atoms with Crippen molar-refractivity contribution in [2.75, 3.05) is 36.8 Å². The van der Waals surface area contributed by atoms with Crippen LogP contribution in [0.5, 0.6) is 5.75 Å². The molecule has 2 aromatic heterocycles. The van der Waals surface area contributed by atoms with E-state index in [-0.39, 0.29) is 53.9 Å². The molecular formula is C27H35N5O7S2. The summed E-state index contributed by atoms with van der Waals surface area (Å²) in [7, 11) is -2.16. The third kappa shape index (κ3) is 7.00. The highest BCUT2D eigenvalue weighted by Crippen LogP contribution is 2.30. The SMILES string of the molecule is Cc1noc(C)c1NC(=O)N(C)C[C@@H]1Oc2ccc(NS(=O)(=O)c3cccs3)cc2CC(=O)N([C@@H](C)CO)C[C@@H]1C. The topological polar surface area (TPSA) is 154 Å². The smallest absolute Gasteiger partial charge is 0.321 e. The minimum Gasteiger partial charge on any atom is -0.488 e. The van der Waals surface area contributed by atoms with Gasteiger partial charge in [-0.25, -0.2) is 13.2 Å². The summed E-state index contributed by atoms with van der Waals surface area (Å²) in [5.74, 6) is 0.437. The molecule has 0 aliphatic carbocycles. The Morgan fingerprint density at radius 3 is 2.71 bits per heavy atom. The fourth-order valence-electron chi connectivity index (χ4n) is 4.55. The number of aliphatic hydroxyl groups is 1. The molecule has 3 heterocycles. The Hall–Kier alpha value is -3.62. The van der Waals surface area contributed by atoms with Gasteiger partial charge in [0.05, 0.1) is 25.6 Å². The van der Waals surface area contributed by atoms with Crippen molar-refractivity contribution in [3.05, 3.63) is 52.7 Å². The zero-order valence-electron chi connectivity index (χ0n) is 23.6. The molecule has 222 valence electrons. The lowest BCUT2D eigenvalue weighted by molar-refractivity contribution is -0.134. The molecule has 3 N–H and O–H groups in total. The number of aryl methyl sites for hydroxylation is 2. The van der Waals surface area contributed by atoms with E-state index < -0.39 is 22.2 Å². The van der Waals surface area contributed by atoms with E-state index in [1.165, 1.54) is 11.0 Å². The third-order valence-corrected chi connectivity index (χ3v) is 9.77. The summed E-state index contributed by atoms with van der Waals surface area (Å²) in [6, 6.07) is 7.12. The molecule has 0 saturated carbocycles. The van der Waals surface area contributed by atoms with E-state index in [2.05, 4.69) is 15.2 Å². The number of carbonyl (C=O) groups is 2. The zero-order chi connectivity index (χ0) is 29.9. The summed E-state index contributed by atoms with van der Waals surface area (Å²) in [5.41, 5.74) is 1.83. The van der Waals surface area contributed by atoms with Gasteiger partial charge in [0.2, 0.25) is 5.91 Å². The number of anilines is 2. The lowest BCUT2D eigenvalue weighted by Gasteiger charge is -2.34. The number of benzene rings is 1. The van der Waals surface area contributed by atoms with Crippen LogP contribution in [0.15, 0.2) is 44.4 Å². The van der Waals surface area contributed by atoms with Gasteiger partial charge in [-0.15, -0.1) is 11.3 Å². The average molecular weight is 606 g/mol. The van der Waals surface area contributed by atoms with Crippen LogP contribution in [0, 0.1) is 19.8 Å². The number of aromatic nitrogens is 1. The van der Waals surface area contributed by atoms with E-state index in [1.807, 2.05) is 6.92 Å². The second-order valence-corrected chi connectivity index (χ2v) is 13.1. The highest BCUT2D eigenvalue weighted by Gasteiger charge is 2.32.